The number of carbonyl (C=O) groups is 1. The van der Waals surface area contributed by atoms with Crippen LogP contribution in [0.3, 0.4) is 0 Å². The van der Waals surface area contributed by atoms with Gasteiger partial charge in [0.2, 0.25) is 0 Å². The van der Waals surface area contributed by atoms with Crippen LogP contribution < -0.4 is 4.74 Å². The predicted octanol–water partition coefficient (Wildman–Crippen LogP) is 3.51. The van der Waals surface area contributed by atoms with E-state index in [9.17, 15) is 4.79 Å². The Morgan fingerprint density at radius 3 is 2.71 bits per heavy atom. The zero-order valence-electron chi connectivity index (χ0n) is 7.72. The molecule has 4 heteroatoms. The molecule has 1 aromatic carbocycles. The molecule has 0 amide bonds. The normalized spacial score (nSPS) is 9.93. The van der Waals surface area contributed by atoms with E-state index in [0.29, 0.717) is 22.9 Å². The number of carbonyl (C=O) groups excluding carboxylic acids is 1. The van der Waals surface area contributed by atoms with Gasteiger partial charge in [-0.25, -0.2) is 0 Å². The van der Waals surface area contributed by atoms with Crippen molar-refractivity contribution >= 4 is 28.4 Å². The number of halogens is 2. The van der Waals surface area contributed by atoms with Crippen molar-refractivity contribution in [1.29, 1.82) is 0 Å². The maximum absolute atomic E-state index is 10.8. The van der Waals surface area contributed by atoms with E-state index in [-0.39, 0.29) is 0 Å². The summed E-state index contributed by atoms with van der Waals surface area (Å²) in [7, 11) is 0. The minimum absolute atomic E-state index is 0.375. The second-order valence-electron chi connectivity index (χ2n) is 2.77. The highest BCUT2D eigenvalue weighted by Crippen LogP contribution is 2.26. The Morgan fingerprint density at radius 2 is 2.21 bits per heavy atom. The summed E-state index contributed by atoms with van der Waals surface area (Å²) in [6, 6.07) is 4.74. The van der Waals surface area contributed by atoms with Gasteiger partial charge in [0.15, 0.2) is 0 Å². The summed E-state index contributed by atoms with van der Waals surface area (Å²) in [5.74, 6) is 0.579. The lowest BCUT2D eigenvalue weighted by molar-refractivity contribution is 0.108. The van der Waals surface area contributed by atoms with Crippen molar-refractivity contribution in [3.63, 3.8) is 0 Å². The third-order valence-electron chi connectivity index (χ3n) is 1.62. The van der Waals surface area contributed by atoms with Crippen molar-refractivity contribution in [2.45, 2.75) is 13.3 Å². The lowest BCUT2D eigenvalue weighted by atomic mass is 10.2. The van der Waals surface area contributed by atoms with E-state index in [1.165, 1.54) is 6.07 Å². The molecule has 76 valence electrons. The minimum atomic E-state index is -0.519. The Labute approximate surface area is 92.8 Å². The molecule has 0 saturated heterocycles. The van der Waals surface area contributed by atoms with E-state index in [0.717, 1.165) is 6.42 Å². The van der Waals surface area contributed by atoms with E-state index in [1.807, 2.05) is 6.92 Å². The monoisotopic (exact) mass is 232 g/mol. The topological polar surface area (TPSA) is 26.3 Å². The lowest BCUT2D eigenvalue weighted by Crippen LogP contribution is -1.96. The summed E-state index contributed by atoms with van der Waals surface area (Å²) in [6.45, 7) is 2.61. The van der Waals surface area contributed by atoms with Gasteiger partial charge in [-0.15, -0.1) is 0 Å². The van der Waals surface area contributed by atoms with Gasteiger partial charge in [0, 0.05) is 5.56 Å². The number of hydrogen-bond donors (Lipinski definition) is 0. The fourth-order valence-electron chi connectivity index (χ4n) is 0.952. The first-order chi connectivity index (χ1) is 6.65. The van der Waals surface area contributed by atoms with Crippen LogP contribution in [0, 0.1) is 0 Å². The van der Waals surface area contributed by atoms with Crippen molar-refractivity contribution in [3.8, 4) is 5.75 Å². The first kappa shape index (κ1) is 11.3. The SMILES string of the molecule is CCCOc1ccc(C(=O)Cl)cc1Cl. The Hall–Kier alpha value is -0.730. The van der Waals surface area contributed by atoms with E-state index in [4.69, 9.17) is 27.9 Å². The molecule has 0 fully saturated rings. The Morgan fingerprint density at radius 1 is 1.50 bits per heavy atom. The molecule has 0 saturated carbocycles. The average molecular weight is 233 g/mol. The lowest BCUT2D eigenvalue weighted by Gasteiger charge is -2.06. The Kier molecular flexibility index (Phi) is 4.23. The summed E-state index contributed by atoms with van der Waals surface area (Å²) in [4.78, 5) is 10.8. The average Bonchev–Trinajstić information content (AvgIpc) is 2.15. The van der Waals surface area contributed by atoms with E-state index >= 15 is 0 Å². The molecule has 0 aromatic heterocycles. The molecule has 1 aromatic rings. The van der Waals surface area contributed by atoms with Crippen LogP contribution in [-0.4, -0.2) is 11.8 Å². The maximum atomic E-state index is 10.8. The van der Waals surface area contributed by atoms with Crippen molar-refractivity contribution in [2.75, 3.05) is 6.61 Å². The van der Waals surface area contributed by atoms with Gasteiger partial charge in [0.05, 0.1) is 11.6 Å². The van der Waals surface area contributed by atoms with E-state index in [1.54, 1.807) is 12.1 Å². The van der Waals surface area contributed by atoms with Crippen molar-refractivity contribution in [3.05, 3.63) is 28.8 Å². The second-order valence-corrected chi connectivity index (χ2v) is 3.52. The fourth-order valence-corrected chi connectivity index (χ4v) is 1.30. The van der Waals surface area contributed by atoms with E-state index < -0.39 is 5.24 Å². The summed E-state index contributed by atoms with van der Waals surface area (Å²) >= 11 is 11.2. The molecule has 0 bridgehead atoms. The van der Waals surface area contributed by atoms with Crippen LogP contribution in [0.5, 0.6) is 5.75 Å². The highest BCUT2D eigenvalue weighted by Gasteiger charge is 2.06. The summed E-state index contributed by atoms with van der Waals surface area (Å²) in [5, 5.41) is -0.112. The zero-order valence-corrected chi connectivity index (χ0v) is 9.23. The zero-order chi connectivity index (χ0) is 10.6. The van der Waals surface area contributed by atoms with Gasteiger partial charge in [-0.05, 0) is 36.2 Å². The van der Waals surface area contributed by atoms with Gasteiger partial charge in [0.25, 0.3) is 5.24 Å². The molecule has 0 aliphatic heterocycles. The predicted molar refractivity (Wildman–Crippen MR) is 57.4 cm³/mol. The quantitative estimate of drug-likeness (QED) is 0.744. The van der Waals surface area contributed by atoms with Crippen LogP contribution in [-0.2, 0) is 0 Å². The molecule has 14 heavy (non-hydrogen) atoms. The summed E-state index contributed by atoms with van der Waals surface area (Å²) in [6.07, 6.45) is 0.909. The fraction of sp³-hybridized carbons (Fsp3) is 0.300. The molecule has 0 atom stereocenters. The van der Waals surface area contributed by atoms with Gasteiger partial charge >= 0.3 is 0 Å². The molecule has 0 aliphatic carbocycles. The maximum Gasteiger partial charge on any atom is 0.252 e. The third-order valence-corrected chi connectivity index (χ3v) is 2.13. The molecular weight excluding hydrogens is 223 g/mol. The van der Waals surface area contributed by atoms with Crippen molar-refractivity contribution in [2.24, 2.45) is 0 Å². The molecule has 0 radical (unpaired) electrons. The molecule has 2 nitrogen and oxygen atoms in total. The van der Waals surface area contributed by atoms with Crippen molar-refractivity contribution < 1.29 is 9.53 Å². The molecular formula is C10H10Cl2O2. The van der Waals surface area contributed by atoms with Crippen LogP contribution in [0.25, 0.3) is 0 Å². The highest BCUT2D eigenvalue weighted by atomic mass is 35.5. The molecule has 0 unspecified atom stereocenters. The smallest absolute Gasteiger partial charge is 0.252 e. The van der Waals surface area contributed by atoms with Gasteiger partial charge < -0.3 is 4.74 Å². The van der Waals surface area contributed by atoms with Crippen LogP contribution in [0.1, 0.15) is 23.7 Å². The summed E-state index contributed by atoms with van der Waals surface area (Å²) < 4.78 is 5.33. The summed E-state index contributed by atoms with van der Waals surface area (Å²) in [5.41, 5.74) is 0.375. The van der Waals surface area contributed by atoms with Crippen LogP contribution >= 0.6 is 23.2 Å². The first-order valence-electron chi connectivity index (χ1n) is 4.27. The van der Waals surface area contributed by atoms with Crippen LogP contribution in [0.15, 0.2) is 18.2 Å². The number of ether oxygens (including phenoxy) is 1. The number of benzene rings is 1. The highest BCUT2D eigenvalue weighted by molar-refractivity contribution is 6.67. The van der Waals surface area contributed by atoms with Crippen molar-refractivity contribution in [1.82, 2.24) is 0 Å². The van der Waals surface area contributed by atoms with Gasteiger partial charge in [-0.2, -0.15) is 0 Å². The molecule has 0 N–H and O–H groups in total. The van der Waals surface area contributed by atoms with Gasteiger partial charge in [0.1, 0.15) is 5.75 Å². The minimum Gasteiger partial charge on any atom is -0.492 e. The first-order valence-corrected chi connectivity index (χ1v) is 5.03. The van der Waals surface area contributed by atoms with Crippen LogP contribution in [0.4, 0.5) is 0 Å². The Bertz CT molecular complexity index is 337. The largest absolute Gasteiger partial charge is 0.492 e. The molecule has 0 heterocycles. The Balaban J connectivity index is 2.84. The third kappa shape index (κ3) is 2.89. The number of hydrogen-bond acceptors (Lipinski definition) is 2. The van der Waals surface area contributed by atoms with Gasteiger partial charge in [-0.3, -0.25) is 4.79 Å². The standard InChI is InChI=1S/C10H10Cl2O2/c1-2-5-14-9-4-3-7(10(12)13)6-8(9)11/h3-4,6H,2,5H2,1H3. The molecule has 0 aliphatic rings. The molecule has 0 spiro atoms. The van der Waals surface area contributed by atoms with Gasteiger partial charge in [-0.1, -0.05) is 18.5 Å². The molecule has 1 rings (SSSR count). The second kappa shape index (κ2) is 5.23. The van der Waals surface area contributed by atoms with E-state index in [2.05, 4.69) is 0 Å². The number of rotatable bonds is 4. The van der Waals surface area contributed by atoms with Crippen LogP contribution in [0.2, 0.25) is 5.02 Å².